The molecule has 0 spiro atoms. The molecule has 152 valence electrons. The molecule has 1 saturated carbocycles. The van der Waals surface area contributed by atoms with Crippen molar-refractivity contribution < 1.29 is 14.3 Å². The van der Waals surface area contributed by atoms with Crippen molar-refractivity contribution in [3.05, 3.63) is 22.9 Å². The van der Waals surface area contributed by atoms with Crippen LogP contribution in [-0.2, 0) is 17.9 Å². The molecule has 3 aliphatic rings. The van der Waals surface area contributed by atoms with Gasteiger partial charge in [-0.3, -0.25) is 9.59 Å². The lowest BCUT2D eigenvalue weighted by atomic mass is 10.0. The fraction of sp³-hybridized carbons (Fsp3) is 0.667. The van der Waals surface area contributed by atoms with Crippen LogP contribution in [0.15, 0.2) is 6.07 Å². The molecular weight excluding hydrogens is 356 g/mol. The maximum absolute atomic E-state index is 12.9. The number of piperidine rings is 1. The second-order valence-corrected chi connectivity index (χ2v) is 8.18. The van der Waals surface area contributed by atoms with Crippen molar-refractivity contribution in [2.75, 3.05) is 20.2 Å². The van der Waals surface area contributed by atoms with Gasteiger partial charge < -0.3 is 19.9 Å². The van der Waals surface area contributed by atoms with Crippen LogP contribution in [0, 0.1) is 0 Å². The predicted octanol–water partition coefficient (Wildman–Crippen LogP) is 2.09. The fourth-order valence-electron chi connectivity index (χ4n) is 4.73. The Balaban J connectivity index is 1.43. The van der Waals surface area contributed by atoms with Gasteiger partial charge in [0.05, 0.1) is 24.9 Å². The summed E-state index contributed by atoms with van der Waals surface area (Å²) in [5.74, 6) is 0.870. The fourth-order valence-corrected chi connectivity index (χ4v) is 4.73. The van der Waals surface area contributed by atoms with E-state index in [9.17, 15) is 9.59 Å². The van der Waals surface area contributed by atoms with Crippen LogP contribution in [0.4, 0.5) is 0 Å². The van der Waals surface area contributed by atoms with Gasteiger partial charge in [0.15, 0.2) is 0 Å². The van der Waals surface area contributed by atoms with Gasteiger partial charge in [-0.2, -0.15) is 0 Å². The molecule has 3 heterocycles. The molecule has 0 aromatic carbocycles. The summed E-state index contributed by atoms with van der Waals surface area (Å²) >= 11 is 0. The number of pyridine rings is 1. The van der Waals surface area contributed by atoms with E-state index in [-0.39, 0.29) is 11.8 Å². The lowest BCUT2D eigenvalue weighted by Gasteiger charge is -2.31. The molecule has 0 radical (unpaired) electrons. The Bertz CT molecular complexity index is 752. The van der Waals surface area contributed by atoms with Gasteiger partial charge in [-0.05, 0) is 31.7 Å². The first-order valence-electron chi connectivity index (χ1n) is 10.4. The van der Waals surface area contributed by atoms with Crippen molar-refractivity contribution in [1.82, 2.24) is 20.1 Å². The minimum atomic E-state index is 0.119. The van der Waals surface area contributed by atoms with E-state index >= 15 is 0 Å². The molecule has 1 aromatic rings. The predicted molar refractivity (Wildman–Crippen MR) is 105 cm³/mol. The first-order chi connectivity index (χ1) is 13.6. The maximum Gasteiger partial charge on any atom is 0.256 e. The number of ether oxygens (including phenoxy) is 1. The van der Waals surface area contributed by atoms with E-state index < -0.39 is 0 Å². The average Bonchev–Trinajstić information content (AvgIpc) is 3.34. The first-order valence-corrected chi connectivity index (χ1v) is 10.4. The van der Waals surface area contributed by atoms with Gasteiger partial charge in [-0.15, -0.1) is 0 Å². The van der Waals surface area contributed by atoms with Crippen molar-refractivity contribution in [2.45, 2.75) is 70.6 Å². The van der Waals surface area contributed by atoms with Crippen LogP contribution in [0.5, 0.6) is 5.88 Å². The number of hydrogen-bond donors (Lipinski definition) is 1. The molecule has 0 unspecified atom stereocenters. The van der Waals surface area contributed by atoms with Crippen molar-refractivity contribution >= 4 is 11.8 Å². The zero-order chi connectivity index (χ0) is 19.7. The zero-order valence-electron chi connectivity index (χ0n) is 16.9. The quantitative estimate of drug-likeness (QED) is 0.839. The highest BCUT2D eigenvalue weighted by Gasteiger charge is 2.36. The molecule has 1 N–H and O–H groups in total. The summed E-state index contributed by atoms with van der Waals surface area (Å²) in [6.07, 6.45) is 6.50. The molecule has 2 aliphatic heterocycles. The first kappa shape index (κ1) is 19.2. The third kappa shape index (κ3) is 3.72. The molecule has 1 aromatic heterocycles. The van der Waals surface area contributed by atoms with Gasteiger partial charge >= 0.3 is 0 Å². The molecule has 7 heteroatoms. The number of amides is 2. The monoisotopic (exact) mass is 386 g/mol. The van der Waals surface area contributed by atoms with Gasteiger partial charge in [-0.25, -0.2) is 4.98 Å². The summed E-state index contributed by atoms with van der Waals surface area (Å²) in [6.45, 7) is 4.43. The van der Waals surface area contributed by atoms with Crippen LogP contribution in [0.25, 0.3) is 0 Å². The van der Waals surface area contributed by atoms with E-state index in [1.807, 2.05) is 15.9 Å². The van der Waals surface area contributed by atoms with Crippen LogP contribution in [0.3, 0.4) is 0 Å². The smallest absolute Gasteiger partial charge is 0.256 e. The maximum atomic E-state index is 12.9. The average molecular weight is 386 g/mol. The highest BCUT2D eigenvalue weighted by Crippen LogP contribution is 2.33. The highest BCUT2D eigenvalue weighted by molar-refractivity contribution is 5.98. The van der Waals surface area contributed by atoms with Gasteiger partial charge in [0, 0.05) is 44.2 Å². The Morgan fingerprint density at radius 3 is 2.61 bits per heavy atom. The second kappa shape index (κ2) is 8.07. The molecule has 2 fully saturated rings. The number of likely N-dealkylation sites (tertiary alicyclic amines) is 1. The number of nitrogens with zero attached hydrogens (tertiary/aromatic N) is 3. The van der Waals surface area contributed by atoms with Crippen LogP contribution in [-0.4, -0.2) is 58.9 Å². The number of methoxy groups -OCH3 is 1. The van der Waals surface area contributed by atoms with Crippen LogP contribution >= 0.6 is 0 Å². The molecule has 1 saturated heterocycles. The van der Waals surface area contributed by atoms with E-state index in [2.05, 4.69) is 10.3 Å². The van der Waals surface area contributed by atoms with Crippen LogP contribution in [0.1, 0.15) is 67.1 Å². The third-order valence-corrected chi connectivity index (χ3v) is 6.43. The lowest BCUT2D eigenvalue weighted by molar-refractivity contribution is -0.129. The molecule has 0 atom stereocenters. The Morgan fingerprint density at radius 2 is 1.96 bits per heavy atom. The Morgan fingerprint density at radius 1 is 1.25 bits per heavy atom. The number of carbonyl (C=O) groups excluding carboxylic acids is 2. The van der Waals surface area contributed by atoms with Crippen molar-refractivity contribution in [2.24, 2.45) is 0 Å². The number of nitrogens with one attached hydrogen (secondary N) is 1. The van der Waals surface area contributed by atoms with Crippen molar-refractivity contribution in [1.29, 1.82) is 0 Å². The van der Waals surface area contributed by atoms with E-state index in [0.717, 1.165) is 55.6 Å². The van der Waals surface area contributed by atoms with Gasteiger partial charge in [-0.1, -0.05) is 12.8 Å². The Kier molecular flexibility index (Phi) is 5.53. The number of rotatable bonds is 5. The summed E-state index contributed by atoms with van der Waals surface area (Å²) in [4.78, 5) is 33.0. The van der Waals surface area contributed by atoms with E-state index in [1.165, 1.54) is 12.8 Å². The van der Waals surface area contributed by atoms with Crippen LogP contribution in [0.2, 0.25) is 0 Å². The van der Waals surface area contributed by atoms with E-state index in [4.69, 9.17) is 4.74 Å². The van der Waals surface area contributed by atoms with Gasteiger partial charge in [0.2, 0.25) is 11.8 Å². The number of fused-ring (bicyclic) bond motifs is 1. The lowest BCUT2D eigenvalue weighted by Crippen LogP contribution is -2.44. The molecule has 2 amide bonds. The zero-order valence-corrected chi connectivity index (χ0v) is 16.9. The largest absolute Gasteiger partial charge is 0.481 e. The molecule has 0 bridgehead atoms. The molecule has 28 heavy (non-hydrogen) atoms. The molecule has 1 aliphatic carbocycles. The Labute approximate surface area is 166 Å². The van der Waals surface area contributed by atoms with Crippen molar-refractivity contribution in [3.8, 4) is 5.88 Å². The number of carbonyl (C=O) groups is 2. The summed E-state index contributed by atoms with van der Waals surface area (Å²) in [7, 11) is 1.63. The van der Waals surface area contributed by atoms with Gasteiger partial charge in [0.25, 0.3) is 5.91 Å². The standard InChI is InChI=1S/C21H30N4O3/c1-14(26)24-9-7-16(8-10-24)22-12-15-11-18-19(23-20(15)28-2)13-25(21(18)27)17-5-3-4-6-17/h11,16-17,22H,3-10,12-13H2,1-2H3. The summed E-state index contributed by atoms with van der Waals surface area (Å²) in [5.41, 5.74) is 2.50. The third-order valence-electron chi connectivity index (χ3n) is 6.43. The molecule has 4 rings (SSSR count). The number of hydrogen-bond acceptors (Lipinski definition) is 5. The number of aromatic nitrogens is 1. The minimum absolute atomic E-state index is 0.119. The summed E-state index contributed by atoms with van der Waals surface area (Å²) in [6, 6.07) is 2.69. The van der Waals surface area contributed by atoms with Crippen molar-refractivity contribution in [3.63, 3.8) is 0 Å². The normalized spacial score (nSPS) is 20.7. The second-order valence-electron chi connectivity index (χ2n) is 8.18. The van der Waals surface area contributed by atoms with E-state index in [1.54, 1.807) is 14.0 Å². The highest BCUT2D eigenvalue weighted by atomic mass is 16.5. The topological polar surface area (TPSA) is 74.8 Å². The summed E-state index contributed by atoms with van der Waals surface area (Å²) in [5, 5.41) is 3.56. The molecular formula is C21H30N4O3. The minimum Gasteiger partial charge on any atom is -0.481 e. The Hall–Kier alpha value is -2.15. The molecule has 7 nitrogen and oxygen atoms in total. The SMILES string of the molecule is COc1nc2c(cc1CNC1CCN(C(C)=O)CC1)C(=O)N(C1CCCC1)C2. The summed E-state index contributed by atoms with van der Waals surface area (Å²) < 4.78 is 5.52. The van der Waals surface area contributed by atoms with Crippen LogP contribution < -0.4 is 10.1 Å². The van der Waals surface area contributed by atoms with E-state index in [0.29, 0.717) is 31.1 Å². The van der Waals surface area contributed by atoms with Gasteiger partial charge in [0.1, 0.15) is 0 Å².